The summed E-state index contributed by atoms with van der Waals surface area (Å²) < 4.78 is 10.4. The summed E-state index contributed by atoms with van der Waals surface area (Å²) in [5, 5.41) is 2.92. The molecule has 1 atom stereocenters. The van der Waals surface area contributed by atoms with Gasteiger partial charge in [0, 0.05) is 17.8 Å². The van der Waals surface area contributed by atoms with Crippen LogP contribution >= 0.6 is 0 Å². The van der Waals surface area contributed by atoms with Crippen LogP contribution in [0.1, 0.15) is 26.2 Å². The minimum atomic E-state index is 0.0102. The molecule has 1 fully saturated rings. The zero-order valence-corrected chi connectivity index (χ0v) is 13.0. The molecule has 0 radical (unpaired) electrons. The molecule has 116 valence electrons. The maximum atomic E-state index is 12.2. The van der Waals surface area contributed by atoms with E-state index in [-0.39, 0.29) is 5.91 Å². The predicted molar refractivity (Wildman–Crippen MR) is 83.1 cm³/mol. The lowest BCUT2D eigenvalue weighted by atomic mass is 10.0. The molecule has 1 aromatic carbocycles. The van der Waals surface area contributed by atoms with Gasteiger partial charge in [-0.25, -0.2) is 0 Å². The SMILES string of the molecule is COc1ccc(NC(=O)CN2CCCC[C@H]2C)cc1OC. The molecule has 1 aromatic rings. The van der Waals surface area contributed by atoms with Crippen LogP contribution in [0.4, 0.5) is 5.69 Å². The van der Waals surface area contributed by atoms with Gasteiger partial charge in [-0.2, -0.15) is 0 Å². The number of carbonyl (C=O) groups excluding carboxylic acids is 1. The van der Waals surface area contributed by atoms with Crippen LogP contribution in [-0.4, -0.2) is 44.2 Å². The standard InChI is InChI=1S/C16H24N2O3/c1-12-6-4-5-9-18(12)11-16(19)17-13-7-8-14(20-2)15(10-13)21-3/h7-8,10,12H,4-6,9,11H2,1-3H3,(H,17,19)/t12-/m1/s1. The van der Waals surface area contributed by atoms with Crippen molar-refractivity contribution in [3.8, 4) is 11.5 Å². The first-order valence-corrected chi connectivity index (χ1v) is 7.40. The Morgan fingerprint density at radius 2 is 2.05 bits per heavy atom. The molecule has 0 bridgehead atoms. The number of piperidine rings is 1. The number of likely N-dealkylation sites (tertiary alicyclic amines) is 1. The molecule has 0 aliphatic carbocycles. The number of ether oxygens (including phenoxy) is 2. The molecule has 1 aliphatic heterocycles. The number of rotatable bonds is 5. The number of hydrogen-bond donors (Lipinski definition) is 1. The molecular formula is C16H24N2O3. The Morgan fingerprint density at radius 1 is 1.29 bits per heavy atom. The topological polar surface area (TPSA) is 50.8 Å². The van der Waals surface area contributed by atoms with Gasteiger partial charge in [0.05, 0.1) is 20.8 Å². The Kier molecular flexibility index (Phi) is 5.44. The summed E-state index contributed by atoms with van der Waals surface area (Å²) in [5.74, 6) is 1.28. The van der Waals surface area contributed by atoms with Crippen LogP contribution in [0, 0.1) is 0 Å². The normalized spacial score (nSPS) is 19.1. The Hall–Kier alpha value is -1.75. The second-order valence-corrected chi connectivity index (χ2v) is 5.43. The van der Waals surface area contributed by atoms with E-state index in [1.54, 1.807) is 26.4 Å². The second kappa shape index (κ2) is 7.31. The van der Waals surface area contributed by atoms with E-state index in [0.717, 1.165) is 12.2 Å². The summed E-state index contributed by atoms with van der Waals surface area (Å²) >= 11 is 0. The smallest absolute Gasteiger partial charge is 0.238 e. The quantitative estimate of drug-likeness (QED) is 0.906. The molecule has 1 aliphatic rings. The van der Waals surface area contributed by atoms with E-state index < -0.39 is 0 Å². The van der Waals surface area contributed by atoms with Gasteiger partial charge in [0.2, 0.25) is 5.91 Å². The van der Waals surface area contributed by atoms with Crippen LogP contribution in [0.3, 0.4) is 0 Å². The van der Waals surface area contributed by atoms with E-state index in [0.29, 0.717) is 24.1 Å². The van der Waals surface area contributed by atoms with Crippen LogP contribution in [0.5, 0.6) is 11.5 Å². The number of nitrogens with one attached hydrogen (secondary N) is 1. The molecular weight excluding hydrogens is 268 g/mol. The van der Waals surface area contributed by atoms with Crippen molar-refractivity contribution in [2.45, 2.75) is 32.2 Å². The van der Waals surface area contributed by atoms with Gasteiger partial charge in [-0.05, 0) is 38.4 Å². The summed E-state index contributed by atoms with van der Waals surface area (Å²) in [7, 11) is 3.17. The Bertz CT molecular complexity index is 490. The van der Waals surface area contributed by atoms with Crippen LogP contribution in [0.2, 0.25) is 0 Å². The monoisotopic (exact) mass is 292 g/mol. The molecule has 5 nitrogen and oxygen atoms in total. The van der Waals surface area contributed by atoms with Gasteiger partial charge in [0.1, 0.15) is 0 Å². The molecule has 0 unspecified atom stereocenters. The summed E-state index contributed by atoms with van der Waals surface area (Å²) in [6, 6.07) is 5.86. The number of nitrogens with zero attached hydrogens (tertiary/aromatic N) is 1. The Balaban J connectivity index is 1.96. The minimum absolute atomic E-state index is 0.0102. The molecule has 1 saturated heterocycles. The third-order valence-electron chi connectivity index (χ3n) is 3.95. The highest BCUT2D eigenvalue weighted by atomic mass is 16.5. The molecule has 0 spiro atoms. The lowest BCUT2D eigenvalue weighted by molar-refractivity contribution is -0.118. The number of carbonyl (C=O) groups is 1. The van der Waals surface area contributed by atoms with Crippen LogP contribution in [-0.2, 0) is 4.79 Å². The van der Waals surface area contributed by atoms with Crippen LogP contribution in [0.25, 0.3) is 0 Å². The third kappa shape index (κ3) is 4.11. The minimum Gasteiger partial charge on any atom is -0.493 e. The fourth-order valence-corrected chi connectivity index (χ4v) is 2.69. The zero-order chi connectivity index (χ0) is 15.2. The van der Waals surface area contributed by atoms with Crippen molar-refractivity contribution >= 4 is 11.6 Å². The fraction of sp³-hybridized carbons (Fsp3) is 0.562. The van der Waals surface area contributed by atoms with Gasteiger partial charge in [-0.15, -0.1) is 0 Å². The first kappa shape index (κ1) is 15.6. The van der Waals surface area contributed by atoms with Crippen molar-refractivity contribution in [3.05, 3.63) is 18.2 Å². The maximum absolute atomic E-state index is 12.2. The number of hydrogen-bond acceptors (Lipinski definition) is 4. The molecule has 2 rings (SSSR count). The van der Waals surface area contributed by atoms with Crippen molar-refractivity contribution in [2.75, 3.05) is 32.6 Å². The van der Waals surface area contributed by atoms with Crippen molar-refractivity contribution in [2.24, 2.45) is 0 Å². The first-order valence-electron chi connectivity index (χ1n) is 7.40. The van der Waals surface area contributed by atoms with Crippen molar-refractivity contribution in [1.82, 2.24) is 4.90 Å². The molecule has 21 heavy (non-hydrogen) atoms. The summed E-state index contributed by atoms with van der Waals surface area (Å²) in [6.07, 6.45) is 3.60. The molecule has 1 amide bonds. The summed E-state index contributed by atoms with van der Waals surface area (Å²) in [5.41, 5.74) is 0.724. The van der Waals surface area contributed by atoms with Crippen LogP contribution < -0.4 is 14.8 Å². The number of methoxy groups -OCH3 is 2. The van der Waals surface area contributed by atoms with E-state index in [2.05, 4.69) is 17.1 Å². The molecule has 0 aromatic heterocycles. The van der Waals surface area contributed by atoms with Crippen molar-refractivity contribution < 1.29 is 14.3 Å². The zero-order valence-electron chi connectivity index (χ0n) is 13.0. The number of anilines is 1. The van der Waals surface area contributed by atoms with Gasteiger partial charge in [-0.1, -0.05) is 6.42 Å². The number of amides is 1. The highest BCUT2D eigenvalue weighted by molar-refractivity contribution is 5.92. The lowest BCUT2D eigenvalue weighted by Gasteiger charge is -2.32. The molecule has 1 heterocycles. The third-order valence-corrected chi connectivity index (χ3v) is 3.95. The molecule has 1 N–H and O–H groups in total. The summed E-state index contributed by atoms with van der Waals surface area (Å²) in [6.45, 7) is 3.62. The van der Waals surface area contributed by atoms with Crippen molar-refractivity contribution in [3.63, 3.8) is 0 Å². The second-order valence-electron chi connectivity index (χ2n) is 5.43. The first-order chi connectivity index (χ1) is 10.1. The van der Waals surface area contributed by atoms with E-state index in [9.17, 15) is 4.79 Å². The van der Waals surface area contributed by atoms with Gasteiger partial charge < -0.3 is 14.8 Å². The lowest BCUT2D eigenvalue weighted by Crippen LogP contribution is -2.42. The number of benzene rings is 1. The highest BCUT2D eigenvalue weighted by Crippen LogP contribution is 2.29. The average molecular weight is 292 g/mol. The van der Waals surface area contributed by atoms with E-state index in [4.69, 9.17) is 9.47 Å². The summed E-state index contributed by atoms with van der Waals surface area (Å²) in [4.78, 5) is 14.4. The van der Waals surface area contributed by atoms with Gasteiger partial charge in [0.15, 0.2) is 11.5 Å². The highest BCUT2D eigenvalue weighted by Gasteiger charge is 2.20. The largest absolute Gasteiger partial charge is 0.493 e. The van der Waals surface area contributed by atoms with Gasteiger partial charge in [-0.3, -0.25) is 9.69 Å². The van der Waals surface area contributed by atoms with Crippen molar-refractivity contribution in [1.29, 1.82) is 0 Å². The molecule has 5 heteroatoms. The van der Waals surface area contributed by atoms with Gasteiger partial charge >= 0.3 is 0 Å². The Morgan fingerprint density at radius 3 is 2.71 bits per heavy atom. The maximum Gasteiger partial charge on any atom is 0.238 e. The molecule has 0 saturated carbocycles. The van der Waals surface area contributed by atoms with E-state index in [1.807, 2.05) is 6.07 Å². The van der Waals surface area contributed by atoms with Crippen LogP contribution in [0.15, 0.2) is 18.2 Å². The van der Waals surface area contributed by atoms with E-state index >= 15 is 0 Å². The van der Waals surface area contributed by atoms with Gasteiger partial charge in [0.25, 0.3) is 0 Å². The van der Waals surface area contributed by atoms with E-state index in [1.165, 1.54) is 19.3 Å². The average Bonchev–Trinajstić information content (AvgIpc) is 2.49. The predicted octanol–water partition coefficient (Wildman–Crippen LogP) is 2.52. The Labute approximate surface area is 126 Å². The fourth-order valence-electron chi connectivity index (χ4n) is 2.69.